The SMILES string of the molecule is C=C(OP(=O)(Oc1ccccc1)Oc1ccccc1)c1ccc(C(F)(F)F)cc1. The summed E-state index contributed by atoms with van der Waals surface area (Å²) in [7, 11) is -4.25. The molecule has 8 heteroatoms. The van der Waals surface area contributed by atoms with Crippen LogP contribution in [0.4, 0.5) is 13.2 Å². The van der Waals surface area contributed by atoms with Crippen LogP contribution >= 0.6 is 7.82 Å². The molecule has 0 radical (unpaired) electrons. The number of hydrogen-bond acceptors (Lipinski definition) is 4. The quantitative estimate of drug-likeness (QED) is 0.306. The molecule has 3 aromatic rings. The van der Waals surface area contributed by atoms with E-state index in [-0.39, 0.29) is 22.8 Å². The van der Waals surface area contributed by atoms with Gasteiger partial charge in [0.1, 0.15) is 17.3 Å². The summed E-state index contributed by atoms with van der Waals surface area (Å²) in [5.41, 5.74) is -0.621. The second-order valence-corrected chi connectivity index (χ2v) is 7.29. The number of rotatable bonds is 7. The number of phosphoric ester groups is 1. The highest BCUT2D eigenvalue weighted by Crippen LogP contribution is 2.52. The predicted molar refractivity (Wildman–Crippen MR) is 103 cm³/mol. The van der Waals surface area contributed by atoms with Gasteiger partial charge in [-0.05, 0) is 36.4 Å². The van der Waals surface area contributed by atoms with E-state index < -0.39 is 19.6 Å². The Morgan fingerprint density at radius 3 is 1.62 bits per heavy atom. The van der Waals surface area contributed by atoms with Gasteiger partial charge in [-0.25, -0.2) is 0 Å². The van der Waals surface area contributed by atoms with Crippen LogP contribution in [0.5, 0.6) is 11.5 Å². The molecule has 29 heavy (non-hydrogen) atoms. The second-order valence-electron chi connectivity index (χ2n) is 5.85. The van der Waals surface area contributed by atoms with Crippen molar-refractivity contribution >= 4 is 13.6 Å². The van der Waals surface area contributed by atoms with Crippen LogP contribution in [0.3, 0.4) is 0 Å². The van der Waals surface area contributed by atoms with Crippen molar-refractivity contribution in [3.63, 3.8) is 0 Å². The van der Waals surface area contributed by atoms with E-state index in [1.807, 2.05) is 0 Å². The van der Waals surface area contributed by atoms with E-state index in [2.05, 4.69) is 6.58 Å². The summed E-state index contributed by atoms with van der Waals surface area (Å²) in [6.45, 7) is 3.65. The lowest BCUT2D eigenvalue weighted by atomic mass is 10.1. The third kappa shape index (κ3) is 5.65. The Balaban J connectivity index is 1.84. The zero-order valence-electron chi connectivity index (χ0n) is 15.0. The molecule has 0 saturated heterocycles. The Hall–Kier alpha value is -3.18. The maximum atomic E-state index is 13.3. The van der Waals surface area contributed by atoms with Gasteiger partial charge in [0.15, 0.2) is 0 Å². The minimum absolute atomic E-state index is 0.158. The van der Waals surface area contributed by atoms with E-state index >= 15 is 0 Å². The van der Waals surface area contributed by atoms with Gasteiger partial charge >= 0.3 is 14.0 Å². The highest BCUT2D eigenvalue weighted by atomic mass is 31.2. The van der Waals surface area contributed by atoms with E-state index in [0.717, 1.165) is 12.1 Å². The summed E-state index contributed by atoms with van der Waals surface area (Å²) in [5, 5.41) is 0. The lowest BCUT2D eigenvalue weighted by Gasteiger charge is -2.20. The van der Waals surface area contributed by atoms with Crippen LogP contribution in [-0.2, 0) is 15.3 Å². The van der Waals surface area contributed by atoms with Gasteiger partial charge in [0.2, 0.25) is 0 Å². The van der Waals surface area contributed by atoms with E-state index in [9.17, 15) is 17.7 Å². The smallest absolute Gasteiger partial charge is 0.386 e. The fourth-order valence-corrected chi connectivity index (χ4v) is 3.56. The Labute approximate surface area is 165 Å². The zero-order chi connectivity index (χ0) is 20.9. The number of hydrogen-bond donors (Lipinski definition) is 0. The first-order chi connectivity index (χ1) is 13.8. The number of phosphoric acid groups is 1. The van der Waals surface area contributed by atoms with Crippen molar-refractivity contribution in [1.29, 1.82) is 0 Å². The van der Waals surface area contributed by atoms with E-state index in [4.69, 9.17) is 13.6 Å². The lowest BCUT2D eigenvalue weighted by molar-refractivity contribution is -0.137. The average molecular weight is 420 g/mol. The van der Waals surface area contributed by atoms with Gasteiger partial charge in [-0.15, -0.1) is 0 Å². The molecule has 4 nitrogen and oxygen atoms in total. The maximum Gasteiger partial charge on any atom is 0.647 e. The summed E-state index contributed by atoms with van der Waals surface area (Å²) in [4.78, 5) is 0. The number of alkyl halides is 3. The van der Waals surface area contributed by atoms with Gasteiger partial charge in [-0.1, -0.05) is 55.1 Å². The molecular weight excluding hydrogens is 404 g/mol. The Morgan fingerprint density at radius 2 is 1.21 bits per heavy atom. The highest BCUT2D eigenvalue weighted by molar-refractivity contribution is 7.49. The van der Waals surface area contributed by atoms with Crippen LogP contribution in [-0.4, -0.2) is 0 Å². The van der Waals surface area contributed by atoms with Gasteiger partial charge in [0.25, 0.3) is 0 Å². The van der Waals surface area contributed by atoms with Crippen LogP contribution in [0.15, 0.2) is 91.5 Å². The molecule has 0 spiro atoms. The summed E-state index contributed by atoms with van der Waals surface area (Å²) in [6.07, 6.45) is -4.47. The molecule has 0 unspecified atom stereocenters. The monoisotopic (exact) mass is 420 g/mol. The molecule has 0 aliphatic heterocycles. The van der Waals surface area contributed by atoms with Crippen molar-refractivity contribution in [2.45, 2.75) is 6.18 Å². The van der Waals surface area contributed by atoms with Crippen molar-refractivity contribution in [2.75, 3.05) is 0 Å². The molecule has 0 bridgehead atoms. The third-order valence-corrected chi connectivity index (χ3v) is 4.99. The van der Waals surface area contributed by atoms with Crippen LogP contribution in [0.1, 0.15) is 11.1 Å². The summed E-state index contributed by atoms with van der Waals surface area (Å²) in [5.74, 6) is 0.299. The van der Waals surface area contributed by atoms with Gasteiger partial charge in [-0.3, -0.25) is 0 Å². The molecule has 3 rings (SSSR count). The molecule has 0 aliphatic carbocycles. The number of benzene rings is 3. The molecule has 3 aromatic carbocycles. The van der Waals surface area contributed by atoms with Gasteiger partial charge in [0, 0.05) is 5.56 Å². The molecule has 0 saturated carbocycles. The first-order valence-electron chi connectivity index (χ1n) is 8.41. The molecule has 0 fully saturated rings. The molecule has 0 aromatic heterocycles. The third-order valence-electron chi connectivity index (χ3n) is 3.68. The number of para-hydroxylation sites is 2. The van der Waals surface area contributed by atoms with Crippen molar-refractivity contribution in [2.24, 2.45) is 0 Å². The zero-order valence-corrected chi connectivity index (χ0v) is 15.9. The molecule has 0 heterocycles. The van der Waals surface area contributed by atoms with E-state index in [0.29, 0.717) is 0 Å². The second kappa shape index (κ2) is 8.45. The number of halogens is 3. The topological polar surface area (TPSA) is 44.8 Å². The Morgan fingerprint density at radius 1 is 0.759 bits per heavy atom. The average Bonchev–Trinajstić information content (AvgIpc) is 2.68. The first kappa shape index (κ1) is 20.6. The molecule has 0 N–H and O–H groups in total. The van der Waals surface area contributed by atoms with Crippen molar-refractivity contribution in [3.05, 3.63) is 103 Å². The minimum atomic E-state index is -4.47. The highest BCUT2D eigenvalue weighted by Gasteiger charge is 2.34. The molecule has 0 amide bonds. The molecule has 150 valence electrons. The molecule has 0 atom stereocenters. The maximum absolute atomic E-state index is 13.3. The molecule has 0 aliphatic rings. The first-order valence-corrected chi connectivity index (χ1v) is 9.87. The summed E-state index contributed by atoms with van der Waals surface area (Å²) >= 11 is 0. The predicted octanol–water partition coefficient (Wildman–Crippen LogP) is 6.96. The van der Waals surface area contributed by atoms with E-state index in [1.54, 1.807) is 60.7 Å². The van der Waals surface area contributed by atoms with E-state index in [1.165, 1.54) is 12.1 Å². The van der Waals surface area contributed by atoms with Gasteiger partial charge in [-0.2, -0.15) is 17.7 Å². The van der Waals surface area contributed by atoms with Crippen molar-refractivity contribution in [1.82, 2.24) is 0 Å². The molecular formula is C21H16F3O4P. The summed E-state index contributed by atoms with van der Waals surface area (Å²) < 4.78 is 67.8. The van der Waals surface area contributed by atoms with Crippen LogP contribution in [0.2, 0.25) is 0 Å². The summed E-state index contributed by atoms with van der Waals surface area (Å²) in [6, 6.07) is 20.5. The van der Waals surface area contributed by atoms with Gasteiger partial charge < -0.3 is 13.6 Å². The minimum Gasteiger partial charge on any atom is -0.386 e. The fourth-order valence-electron chi connectivity index (χ4n) is 2.31. The Kier molecular flexibility index (Phi) is 5.99. The Bertz CT molecular complexity index is 958. The largest absolute Gasteiger partial charge is 0.647 e. The van der Waals surface area contributed by atoms with Crippen LogP contribution in [0, 0.1) is 0 Å². The standard InChI is InChI=1S/C21H16F3O4P/c1-16(17-12-14-18(15-13-17)21(22,23)24)26-29(25,27-19-8-4-2-5-9-19)28-20-10-6-3-7-11-20/h2-15H,1H2. The lowest BCUT2D eigenvalue weighted by Crippen LogP contribution is -2.06. The van der Waals surface area contributed by atoms with Crippen LogP contribution < -0.4 is 9.05 Å². The van der Waals surface area contributed by atoms with Crippen molar-refractivity contribution in [3.8, 4) is 11.5 Å². The van der Waals surface area contributed by atoms with Crippen LogP contribution in [0.25, 0.3) is 5.76 Å². The fraction of sp³-hybridized carbons (Fsp3) is 0.0476. The van der Waals surface area contributed by atoms with Crippen molar-refractivity contribution < 1.29 is 31.3 Å². The van der Waals surface area contributed by atoms with Gasteiger partial charge in [0.05, 0.1) is 5.56 Å². The normalized spacial score (nSPS) is 11.6.